The first-order valence-electron chi connectivity index (χ1n) is 10.2. The largest absolute Gasteiger partial charge is 0.492 e. The number of thiophene rings is 1. The molecule has 9 heteroatoms. The Kier molecular flexibility index (Phi) is 8.36. The number of halogens is 2. The number of fused-ring (bicyclic) bond motifs is 2. The Balaban J connectivity index is 0.00000289. The summed E-state index contributed by atoms with van der Waals surface area (Å²) in [6, 6.07) is 13.7. The molecule has 4 rings (SSSR count). The second kappa shape index (κ2) is 10.8. The SMILES string of the molecule is CCOc1cccc2sc(N(CCCN(C)C)C(=O)c3sc4ccccc4c3Cl)nc12.Cl. The number of benzene rings is 2. The van der Waals surface area contributed by atoms with Crippen LogP contribution in [-0.2, 0) is 0 Å². The van der Waals surface area contributed by atoms with E-state index in [9.17, 15) is 4.79 Å². The van der Waals surface area contributed by atoms with E-state index in [1.807, 2.05) is 63.5 Å². The van der Waals surface area contributed by atoms with E-state index in [1.165, 1.54) is 22.7 Å². The first-order valence-corrected chi connectivity index (χ1v) is 12.2. The van der Waals surface area contributed by atoms with Gasteiger partial charge in [0.05, 0.1) is 16.3 Å². The molecule has 0 atom stereocenters. The van der Waals surface area contributed by atoms with Crippen LogP contribution in [0.15, 0.2) is 42.5 Å². The van der Waals surface area contributed by atoms with E-state index < -0.39 is 0 Å². The summed E-state index contributed by atoms with van der Waals surface area (Å²) in [5.74, 6) is 0.630. The first-order chi connectivity index (χ1) is 15.0. The molecule has 2 heterocycles. The lowest BCUT2D eigenvalue weighted by Crippen LogP contribution is -2.33. The van der Waals surface area contributed by atoms with Gasteiger partial charge >= 0.3 is 0 Å². The minimum atomic E-state index is -0.109. The van der Waals surface area contributed by atoms with Crippen molar-refractivity contribution in [2.24, 2.45) is 0 Å². The third-order valence-corrected chi connectivity index (χ3v) is 7.57. The quantitative estimate of drug-likeness (QED) is 0.269. The Bertz CT molecular complexity index is 1220. The van der Waals surface area contributed by atoms with E-state index in [-0.39, 0.29) is 18.3 Å². The third-order valence-electron chi connectivity index (χ3n) is 4.86. The Morgan fingerprint density at radius 1 is 1.06 bits per heavy atom. The van der Waals surface area contributed by atoms with Crippen molar-refractivity contribution in [3.8, 4) is 5.75 Å². The number of aromatic nitrogens is 1. The van der Waals surface area contributed by atoms with Crippen LogP contribution in [-0.4, -0.2) is 49.6 Å². The molecule has 0 fully saturated rings. The van der Waals surface area contributed by atoms with Gasteiger partial charge in [0.25, 0.3) is 5.91 Å². The maximum atomic E-state index is 13.7. The van der Waals surface area contributed by atoms with Gasteiger partial charge < -0.3 is 9.64 Å². The fourth-order valence-electron chi connectivity index (χ4n) is 3.40. The number of rotatable bonds is 8. The summed E-state index contributed by atoms with van der Waals surface area (Å²) in [7, 11) is 4.06. The van der Waals surface area contributed by atoms with Crippen molar-refractivity contribution < 1.29 is 9.53 Å². The fourth-order valence-corrected chi connectivity index (χ4v) is 5.87. The molecule has 0 aliphatic heterocycles. The monoisotopic (exact) mass is 509 g/mol. The Hall–Kier alpha value is -1.90. The second-order valence-electron chi connectivity index (χ2n) is 7.39. The number of nitrogens with zero attached hydrogens (tertiary/aromatic N) is 3. The maximum Gasteiger partial charge on any atom is 0.271 e. The minimum Gasteiger partial charge on any atom is -0.492 e. The molecule has 4 aromatic rings. The van der Waals surface area contributed by atoms with Crippen molar-refractivity contribution >= 4 is 78.0 Å². The lowest BCUT2D eigenvalue weighted by Gasteiger charge is -2.20. The van der Waals surface area contributed by atoms with Crippen molar-refractivity contribution in [1.29, 1.82) is 0 Å². The summed E-state index contributed by atoms with van der Waals surface area (Å²) in [6.45, 7) is 3.95. The highest BCUT2D eigenvalue weighted by molar-refractivity contribution is 7.23. The van der Waals surface area contributed by atoms with E-state index >= 15 is 0 Å². The van der Waals surface area contributed by atoms with Crippen molar-refractivity contribution in [1.82, 2.24) is 9.88 Å². The number of amides is 1. The molecule has 0 unspecified atom stereocenters. The smallest absolute Gasteiger partial charge is 0.271 e. The van der Waals surface area contributed by atoms with Crippen LogP contribution in [0.5, 0.6) is 5.75 Å². The van der Waals surface area contributed by atoms with Gasteiger partial charge in [-0.25, -0.2) is 4.98 Å². The number of ether oxygens (including phenoxy) is 1. The highest BCUT2D eigenvalue weighted by atomic mass is 35.5. The first kappa shape index (κ1) is 24.7. The second-order valence-corrected chi connectivity index (χ2v) is 9.83. The number of anilines is 1. The van der Waals surface area contributed by atoms with Crippen molar-refractivity contribution in [2.45, 2.75) is 13.3 Å². The van der Waals surface area contributed by atoms with Gasteiger partial charge in [-0.3, -0.25) is 9.69 Å². The van der Waals surface area contributed by atoms with Crippen molar-refractivity contribution in [3.05, 3.63) is 52.4 Å². The molecule has 5 nitrogen and oxygen atoms in total. The molecule has 32 heavy (non-hydrogen) atoms. The van der Waals surface area contributed by atoms with Gasteiger partial charge in [-0.05, 0) is 52.2 Å². The number of hydrogen-bond acceptors (Lipinski definition) is 6. The molecule has 0 bridgehead atoms. The van der Waals surface area contributed by atoms with Gasteiger partial charge in [-0.2, -0.15) is 0 Å². The molecule has 0 radical (unpaired) electrons. The molecule has 2 aromatic carbocycles. The van der Waals surface area contributed by atoms with Crippen LogP contribution in [0, 0.1) is 0 Å². The minimum absolute atomic E-state index is 0. The van der Waals surface area contributed by atoms with E-state index in [1.54, 1.807) is 4.90 Å². The van der Waals surface area contributed by atoms with Crippen LogP contribution in [0.25, 0.3) is 20.3 Å². The zero-order valence-electron chi connectivity index (χ0n) is 18.1. The number of carbonyl (C=O) groups is 1. The molecule has 0 aliphatic rings. The molecule has 170 valence electrons. The summed E-state index contributed by atoms with van der Waals surface area (Å²) in [5, 5.41) is 2.09. The zero-order chi connectivity index (χ0) is 22.0. The molecule has 0 spiro atoms. The van der Waals surface area contributed by atoms with Crippen LogP contribution in [0.1, 0.15) is 23.0 Å². The predicted octanol–water partition coefficient (Wildman–Crippen LogP) is 6.58. The van der Waals surface area contributed by atoms with Crippen molar-refractivity contribution in [2.75, 3.05) is 38.7 Å². The normalized spacial score (nSPS) is 11.2. The van der Waals surface area contributed by atoms with Crippen LogP contribution < -0.4 is 9.64 Å². The van der Waals surface area contributed by atoms with Crippen LogP contribution >= 0.6 is 46.7 Å². The maximum absolute atomic E-state index is 13.7. The van der Waals surface area contributed by atoms with Crippen LogP contribution in [0.2, 0.25) is 5.02 Å². The molecule has 0 aliphatic carbocycles. The standard InChI is InChI=1S/C23H24ClN3O2S2.ClH/c1-4-29-16-10-7-12-18-20(16)25-23(31-18)27(14-8-13-26(2)3)22(28)21-19(24)15-9-5-6-11-17(15)30-21;/h5-7,9-12H,4,8,13-14H2,1-3H3;1H. The zero-order valence-corrected chi connectivity index (χ0v) is 21.3. The topological polar surface area (TPSA) is 45.7 Å². The summed E-state index contributed by atoms with van der Waals surface area (Å²) in [4.78, 5) is 22.9. The fraction of sp³-hybridized carbons (Fsp3) is 0.304. The molecule has 0 saturated carbocycles. The van der Waals surface area contributed by atoms with Crippen molar-refractivity contribution in [3.63, 3.8) is 0 Å². The van der Waals surface area contributed by atoms with Gasteiger partial charge in [0.1, 0.15) is 16.1 Å². The van der Waals surface area contributed by atoms with E-state index in [0.29, 0.717) is 28.2 Å². The average molecular weight is 511 g/mol. The highest BCUT2D eigenvalue weighted by Crippen LogP contribution is 2.39. The number of thiazole rings is 1. The Labute approximate surface area is 207 Å². The van der Waals surface area contributed by atoms with Gasteiger partial charge in [0.15, 0.2) is 5.13 Å². The number of hydrogen-bond donors (Lipinski definition) is 0. The van der Waals surface area contributed by atoms with E-state index in [2.05, 4.69) is 4.90 Å². The lowest BCUT2D eigenvalue weighted by atomic mass is 10.2. The average Bonchev–Trinajstić information content (AvgIpc) is 3.33. The number of carbonyl (C=O) groups excluding carboxylic acids is 1. The summed E-state index contributed by atoms with van der Waals surface area (Å²) < 4.78 is 7.74. The van der Waals surface area contributed by atoms with Gasteiger partial charge in [0, 0.05) is 16.6 Å². The lowest BCUT2D eigenvalue weighted by molar-refractivity contribution is 0.0990. The van der Waals surface area contributed by atoms with Gasteiger partial charge in [-0.1, -0.05) is 47.2 Å². The number of para-hydroxylation sites is 1. The van der Waals surface area contributed by atoms with Crippen LogP contribution in [0.4, 0.5) is 5.13 Å². The Morgan fingerprint density at radius 2 is 1.81 bits per heavy atom. The molecular weight excluding hydrogens is 485 g/mol. The van der Waals surface area contributed by atoms with Crippen LogP contribution in [0.3, 0.4) is 0 Å². The molecule has 1 amide bonds. The van der Waals surface area contributed by atoms with E-state index in [0.717, 1.165) is 39.0 Å². The highest BCUT2D eigenvalue weighted by Gasteiger charge is 2.26. The summed E-state index contributed by atoms with van der Waals surface area (Å²) in [6.07, 6.45) is 0.829. The molecule has 0 N–H and O–H groups in total. The predicted molar refractivity (Wildman–Crippen MR) is 140 cm³/mol. The molecular formula is C23H25Cl2N3O2S2. The summed E-state index contributed by atoms with van der Waals surface area (Å²) >= 11 is 9.56. The van der Waals surface area contributed by atoms with E-state index in [4.69, 9.17) is 21.3 Å². The summed E-state index contributed by atoms with van der Waals surface area (Å²) in [5.41, 5.74) is 0.789. The van der Waals surface area contributed by atoms with Gasteiger partial charge in [0.2, 0.25) is 0 Å². The third kappa shape index (κ3) is 5.02. The Morgan fingerprint density at radius 3 is 2.53 bits per heavy atom. The molecule has 2 aromatic heterocycles. The molecule has 0 saturated heterocycles. The van der Waals surface area contributed by atoms with Gasteiger partial charge in [-0.15, -0.1) is 23.7 Å².